The Kier molecular flexibility index (Phi) is 10.6. The van der Waals surface area contributed by atoms with Crippen molar-refractivity contribution in [3.8, 4) is 0 Å². The summed E-state index contributed by atoms with van der Waals surface area (Å²) >= 11 is 8.17. The van der Waals surface area contributed by atoms with E-state index in [1.165, 1.54) is 17.0 Å². The highest BCUT2D eigenvalue weighted by Gasteiger charge is 2.32. The minimum absolute atomic E-state index is 0.0679. The summed E-state index contributed by atoms with van der Waals surface area (Å²) < 4.78 is 29.4. The third kappa shape index (κ3) is 7.94. The molecule has 1 N–H and O–H groups in total. The summed E-state index contributed by atoms with van der Waals surface area (Å²) in [4.78, 5) is 28.3. The van der Waals surface area contributed by atoms with Gasteiger partial charge in [0, 0.05) is 21.7 Å². The summed E-state index contributed by atoms with van der Waals surface area (Å²) in [6.07, 6.45) is 0. The van der Waals surface area contributed by atoms with Crippen LogP contribution in [-0.4, -0.2) is 44.3 Å². The van der Waals surface area contributed by atoms with Crippen molar-refractivity contribution in [3.05, 3.63) is 93.0 Å². The van der Waals surface area contributed by atoms with Crippen molar-refractivity contribution in [3.63, 3.8) is 0 Å². The first-order valence-corrected chi connectivity index (χ1v) is 15.0. The minimum atomic E-state index is -4.08. The highest BCUT2D eigenvalue weighted by molar-refractivity contribution is 14.1. The average Bonchev–Trinajstić information content (AvgIpc) is 2.90. The number of hydrogen-bond donors (Lipinski definition) is 1. The Morgan fingerprint density at radius 3 is 2.11 bits per heavy atom. The molecule has 0 heterocycles. The minimum Gasteiger partial charge on any atom is -0.354 e. The topological polar surface area (TPSA) is 86.8 Å². The maximum atomic E-state index is 13.8. The lowest BCUT2D eigenvalue weighted by Crippen LogP contribution is -2.51. The molecule has 38 heavy (non-hydrogen) atoms. The van der Waals surface area contributed by atoms with Gasteiger partial charge in [-0.2, -0.15) is 0 Å². The molecule has 0 unspecified atom stereocenters. The van der Waals surface area contributed by atoms with E-state index in [2.05, 4.69) is 27.9 Å². The normalized spacial score (nSPS) is 12.2. The van der Waals surface area contributed by atoms with Gasteiger partial charge >= 0.3 is 0 Å². The number of anilines is 1. The Morgan fingerprint density at radius 2 is 1.53 bits per heavy atom. The van der Waals surface area contributed by atoms with Gasteiger partial charge < -0.3 is 10.2 Å². The third-order valence-electron chi connectivity index (χ3n) is 5.84. The molecule has 0 aromatic heterocycles. The van der Waals surface area contributed by atoms with Crippen molar-refractivity contribution >= 4 is 61.7 Å². The summed E-state index contributed by atoms with van der Waals surface area (Å²) in [5.74, 6) is -0.586. The van der Waals surface area contributed by atoms with E-state index >= 15 is 0 Å². The van der Waals surface area contributed by atoms with Gasteiger partial charge in [-0.25, -0.2) is 8.42 Å². The molecule has 202 valence electrons. The van der Waals surface area contributed by atoms with Crippen LogP contribution < -0.4 is 9.62 Å². The lowest BCUT2D eigenvalue weighted by Gasteiger charge is -2.32. The first kappa shape index (κ1) is 29.9. The standard InChI is InChI=1S/C28H31ClIN3O4S/c1-20(2)17-31-28(35)21(3)32(18-22-9-11-23(29)12-10-22)27(34)19-33(25-15-13-24(30)14-16-25)38(36,37)26-7-5-4-6-8-26/h4-16,20-21H,17-19H2,1-3H3,(H,31,35)/t21-/m0/s1. The van der Waals surface area contributed by atoms with Crippen LogP contribution in [0, 0.1) is 9.49 Å². The number of carbonyl (C=O) groups is 2. The number of benzene rings is 3. The average molecular weight is 668 g/mol. The Bertz CT molecular complexity index is 1330. The lowest BCUT2D eigenvalue weighted by atomic mass is 10.1. The fraction of sp³-hybridized carbons (Fsp3) is 0.286. The van der Waals surface area contributed by atoms with Gasteiger partial charge in [0.1, 0.15) is 12.6 Å². The number of nitrogens with one attached hydrogen (secondary N) is 1. The van der Waals surface area contributed by atoms with Crippen molar-refractivity contribution in [2.45, 2.75) is 38.3 Å². The van der Waals surface area contributed by atoms with E-state index in [0.717, 1.165) is 13.4 Å². The van der Waals surface area contributed by atoms with Crippen LogP contribution in [0.1, 0.15) is 26.3 Å². The number of nitrogens with zero attached hydrogens (tertiary/aromatic N) is 2. The second kappa shape index (κ2) is 13.4. The van der Waals surface area contributed by atoms with Gasteiger partial charge in [-0.05, 0) is 89.5 Å². The summed E-state index contributed by atoms with van der Waals surface area (Å²) in [5, 5.41) is 3.42. The number of sulfonamides is 1. The van der Waals surface area contributed by atoms with Gasteiger partial charge in [-0.3, -0.25) is 13.9 Å². The first-order valence-electron chi connectivity index (χ1n) is 12.1. The van der Waals surface area contributed by atoms with Crippen LogP contribution >= 0.6 is 34.2 Å². The van der Waals surface area contributed by atoms with E-state index < -0.39 is 28.5 Å². The van der Waals surface area contributed by atoms with E-state index in [4.69, 9.17) is 11.6 Å². The molecule has 3 rings (SSSR count). The number of carbonyl (C=O) groups excluding carboxylic acids is 2. The summed E-state index contributed by atoms with van der Waals surface area (Å²) in [6, 6.07) is 21.0. The third-order valence-corrected chi connectivity index (χ3v) is 8.60. The SMILES string of the molecule is CC(C)CNC(=O)[C@H](C)N(Cc1ccc(Cl)cc1)C(=O)CN(c1ccc(I)cc1)S(=O)(=O)c1ccccc1. The molecule has 3 aromatic rings. The monoisotopic (exact) mass is 667 g/mol. The molecule has 0 aliphatic heterocycles. The van der Waals surface area contributed by atoms with Crippen LogP contribution in [-0.2, 0) is 26.2 Å². The van der Waals surface area contributed by atoms with Crippen molar-refractivity contribution in [2.24, 2.45) is 5.92 Å². The number of amides is 2. The molecule has 7 nitrogen and oxygen atoms in total. The van der Waals surface area contributed by atoms with Crippen LogP contribution in [0.25, 0.3) is 0 Å². The van der Waals surface area contributed by atoms with Crippen LogP contribution in [0.2, 0.25) is 5.02 Å². The highest BCUT2D eigenvalue weighted by Crippen LogP contribution is 2.25. The number of halogens is 2. The van der Waals surface area contributed by atoms with Crippen molar-refractivity contribution < 1.29 is 18.0 Å². The zero-order chi connectivity index (χ0) is 27.9. The summed E-state index contributed by atoms with van der Waals surface area (Å²) in [7, 11) is -4.08. The van der Waals surface area contributed by atoms with Gasteiger partial charge in [0.2, 0.25) is 11.8 Å². The van der Waals surface area contributed by atoms with Crippen molar-refractivity contribution in [1.82, 2.24) is 10.2 Å². The molecular formula is C28H31ClIN3O4S. The van der Waals surface area contributed by atoms with Gasteiger partial charge in [0.15, 0.2) is 0 Å². The van der Waals surface area contributed by atoms with Crippen molar-refractivity contribution in [2.75, 3.05) is 17.4 Å². The smallest absolute Gasteiger partial charge is 0.264 e. The fourth-order valence-electron chi connectivity index (χ4n) is 3.68. The second-order valence-electron chi connectivity index (χ2n) is 9.26. The molecule has 0 fully saturated rings. The molecule has 0 saturated heterocycles. The number of rotatable bonds is 11. The fourth-order valence-corrected chi connectivity index (χ4v) is 5.60. The van der Waals surface area contributed by atoms with E-state index in [1.807, 2.05) is 13.8 Å². The molecule has 3 aromatic carbocycles. The van der Waals surface area contributed by atoms with E-state index in [0.29, 0.717) is 17.3 Å². The largest absolute Gasteiger partial charge is 0.354 e. The zero-order valence-electron chi connectivity index (χ0n) is 21.5. The Labute approximate surface area is 243 Å². The quantitative estimate of drug-likeness (QED) is 0.280. The first-order chi connectivity index (χ1) is 18.0. The van der Waals surface area contributed by atoms with Gasteiger partial charge in [0.25, 0.3) is 10.0 Å². The predicted molar refractivity (Wildman–Crippen MR) is 159 cm³/mol. The summed E-state index contributed by atoms with van der Waals surface area (Å²) in [6.45, 7) is 5.70. The molecule has 0 spiro atoms. The van der Waals surface area contributed by atoms with Gasteiger partial charge in [0.05, 0.1) is 10.6 Å². The van der Waals surface area contributed by atoms with Gasteiger partial charge in [-0.1, -0.05) is 55.8 Å². The second-order valence-corrected chi connectivity index (χ2v) is 12.8. The van der Waals surface area contributed by atoms with E-state index in [9.17, 15) is 18.0 Å². The maximum absolute atomic E-state index is 13.8. The lowest BCUT2D eigenvalue weighted by molar-refractivity contribution is -0.139. The van der Waals surface area contributed by atoms with Crippen LogP contribution in [0.3, 0.4) is 0 Å². The molecule has 2 amide bonds. The van der Waals surface area contributed by atoms with E-state index in [-0.39, 0.29) is 23.3 Å². The molecule has 1 atom stereocenters. The number of hydrogen-bond acceptors (Lipinski definition) is 4. The van der Waals surface area contributed by atoms with E-state index in [1.54, 1.807) is 73.7 Å². The van der Waals surface area contributed by atoms with Crippen LogP contribution in [0.4, 0.5) is 5.69 Å². The summed E-state index contributed by atoms with van der Waals surface area (Å²) in [5.41, 5.74) is 1.11. The van der Waals surface area contributed by atoms with Crippen LogP contribution in [0.15, 0.2) is 83.8 Å². The molecule has 0 aliphatic carbocycles. The zero-order valence-corrected chi connectivity index (χ0v) is 25.2. The Hall–Kier alpha value is -2.63. The molecule has 10 heteroatoms. The molecule has 0 saturated carbocycles. The highest BCUT2D eigenvalue weighted by atomic mass is 127. The molecular weight excluding hydrogens is 637 g/mol. The Balaban J connectivity index is 1.98. The Morgan fingerprint density at radius 1 is 0.921 bits per heavy atom. The predicted octanol–water partition coefficient (Wildman–Crippen LogP) is 5.33. The van der Waals surface area contributed by atoms with Crippen molar-refractivity contribution in [1.29, 1.82) is 0 Å². The molecule has 0 aliphatic rings. The molecule has 0 bridgehead atoms. The molecule has 0 radical (unpaired) electrons. The van der Waals surface area contributed by atoms with Crippen LogP contribution in [0.5, 0.6) is 0 Å². The van der Waals surface area contributed by atoms with Gasteiger partial charge in [-0.15, -0.1) is 0 Å². The maximum Gasteiger partial charge on any atom is 0.264 e.